The Morgan fingerprint density at radius 1 is 1.26 bits per heavy atom. The minimum Gasteiger partial charge on any atom is -0.468 e. The molecule has 2 aromatic rings. The molecule has 0 saturated heterocycles. The summed E-state index contributed by atoms with van der Waals surface area (Å²) in [5.41, 5.74) is 1.16. The minimum absolute atomic E-state index is 0.256. The Bertz CT molecular complexity index is 546. The molecule has 0 bridgehead atoms. The number of esters is 1. The topological polar surface area (TPSA) is 52.1 Å². The molecule has 0 atom stereocenters. The fraction of sp³-hybridized carbons (Fsp3) is 0.214. The zero-order valence-corrected chi connectivity index (χ0v) is 11.4. The quantitative estimate of drug-likeness (QED) is 0.476. The van der Waals surface area contributed by atoms with Crippen molar-refractivity contribution in [3.63, 3.8) is 0 Å². The molecule has 0 aliphatic heterocycles. The van der Waals surface area contributed by atoms with Crippen LogP contribution in [0.2, 0.25) is 0 Å². The minimum atomic E-state index is -0.256. The van der Waals surface area contributed by atoms with Crippen LogP contribution in [-0.2, 0) is 16.0 Å². The lowest BCUT2D eigenvalue weighted by molar-refractivity contribution is -0.137. The fourth-order valence-corrected chi connectivity index (χ4v) is 2.23. The number of aromatic nitrogens is 2. The summed E-state index contributed by atoms with van der Waals surface area (Å²) in [6.45, 7) is 0. The van der Waals surface area contributed by atoms with Crippen LogP contribution < -0.4 is 0 Å². The highest BCUT2D eigenvalue weighted by Crippen LogP contribution is 2.15. The molecule has 0 unspecified atom stereocenters. The van der Waals surface area contributed by atoms with Crippen molar-refractivity contribution in [1.82, 2.24) is 9.97 Å². The van der Waals surface area contributed by atoms with Gasteiger partial charge in [-0.25, -0.2) is 9.97 Å². The monoisotopic (exact) mass is 274 g/mol. The number of nitrogens with zero attached hydrogens (tertiary/aromatic N) is 2. The van der Waals surface area contributed by atoms with Crippen molar-refractivity contribution < 1.29 is 9.53 Å². The van der Waals surface area contributed by atoms with E-state index in [0.717, 1.165) is 16.4 Å². The van der Waals surface area contributed by atoms with E-state index in [0.29, 0.717) is 6.42 Å². The first-order valence-electron chi connectivity index (χ1n) is 5.83. The molecule has 2 rings (SSSR count). The summed E-state index contributed by atoms with van der Waals surface area (Å²) in [7, 11) is 1.38. The van der Waals surface area contributed by atoms with E-state index in [2.05, 4.69) is 14.7 Å². The number of hydrogen-bond donors (Lipinski definition) is 0. The van der Waals surface area contributed by atoms with Crippen molar-refractivity contribution in [3.05, 3.63) is 54.0 Å². The second-order valence-electron chi connectivity index (χ2n) is 3.84. The lowest BCUT2D eigenvalue weighted by Gasteiger charge is -2.03. The van der Waals surface area contributed by atoms with Crippen LogP contribution in [-0.4, -0.2) is 28.8 Å². The average molecular weight is 274 g/mol. The normalized spacial score (nSPS) is 10.2. The van der Waals surface area contributed by atoms with Crippen LogP contribution in [0.1, 0.15) is 11.4 Å². The molecule has 1 aromatic carbocycles. The summed E-state index contributed by atoms with van der Waals surface area (Å²) < 4.78 is 4.59. The summed E-state index contributed by atoms with van der Waals surface area (Å²) in [5.74, 6) is 0.757. The van der Waals surface area contributed by atoms with Gasteiger partial charge in [0.25, 0.3) is 0 Å². The summed E-state index contributed by atoms with van der Waals surface area (Å²) in [5, 5.41) is 0.784. The second kappa shape index (κ2) is 6.89. The van der Waals surface area contributed by atoms with Crippen molar-refractivity contribution in [2.24, 2.45) is 0 Å². The molecule has 0 spiro atoms. The maximum atomic E-state index is 11.1. The highest BCUT2D eigenvalue weighted by atomic mass is 32.2. The van der Waals surface area contributed by atoms with E-state index >= 15 is 0 Å². The molecule has 0 fully saturated rings. The molecule has 0 aliphatic rings. The highest BCUT2D eigenvalue weighted by molar-refractivity contribution is 7.99. The molecule has 0 radical (unpaired) electrons. The van der Waals surface area contributed by atoms with E-state index < -0.39 is 0 Å². The summed E-state index contributed by atoms with van der Waals surface area (Å²) >= 11 is 1.35. The summed E-state index contributed by atoms with van der Waals surface area (Å²) in [6.07, 6.45) is 2.40. The standard InChI is InChI=1S/C14H14N2O2S/c1-18-14(17)10-19-13-7-8-15-12(16-13)9-11-5-3-2-4-6-11/h2-8H,9-10H2,1H3. The second-order valence-corrected chi connectivity index (χ2v) is 4.83. The van der Waals surface area contributed by atoms with Gasteiger partial charge < -0.3 is 4.74 Å². The zero-order valence-electron chi connectivity index (χ0n) is 10.6. The van der Waals surface area contributed by atoms with Gasteiger partial charge in [-0.2, -0.15) is 0 Å². The average Bonchev–Trinajstić information content (AvgIpc) is 2.46. The number of ether oxygens (including phenoxy) is 1. The number of rotatable bonds is 5. The molecule has 0 amide bonds. The van der Waals surface area contributed by atoms with Crippen molar-refractivity contribution >= 4 is 17.7 Å². The molecular formula is C14H14N2O2S. The maximum Gasteiger partial charge on any atom is 0.316 e. The van der Waals surface area contributed by atoms with Crippen LogP contribution >= 0.6 is 11.8 Å². The van der Waals surface area contributed by atoms with Crippen LogP contribution in [0.15, 0.2) is 47.6 Å². The van der Waals surface area contributed by atoms with Gasteiger partial charge in [-0.15, -0.1) is 0 Å². The van der Waals surface area contributed by atoms with E-state index in [-0.39, 0.29) is 11.7 Å². The van der Waals surface area contributed by atoms with Gasteiger partial charge in [0.1, 0.15) is 10.9 Å². The van der Waals surface area contributed by atoms with Crippen LogP contribution in [0.25, 0.3) is 0 Å². The first-order valence-corrected chi connectivity index (χ1v) is 6.82. The van der Waals surface area contributed by atoms with Crippen molar-refractivity contribution in [2.45, 2.75) is 11.4 Å². The SMILES string of the molecule is COC(=O)CSc1ccnc(Cc2ccccc2)n1. The van der Waals surface area contributed by atoms with Crippen LogP contribution in [0.4, 0.5) is 0 Å². The van der Waals surface area contributed by atoms with Crippen LogP contribution in [0.3, 0.4) is 0 Å². The van der Waals surface area contributed by atoms with Gasteiger partial charge in [-0.05, 0) is 11.6 Å². The summed E-state index contributed by atoms with van der Waals surface area (Å²) in [4.78, 5) is 19.7. The van der Waals surface area contributed by atoms with Crippen molar-refractivity contribution in [1.29, 1.82) is 0 Å². The number of thioether (sulfide) groups is 1. The molecule has 98 valence electrons. The Morgan fingerprint density at radius 3 is 2.79 bits per heavy atom. The van der Waals surface area contributed by atoms with Gasteiger partial charge in [0.15, 0.2) is 0 Å². The third kappa shape index (κ3) is 4.37. The zero-order chi connectivity index (χ0) is 13.5. The summed E-state index contributed by atoms with van der Waals surface area (Å²) in [6, 6.07) is 11.8. The molecule has 0 aliphatic carbocycles. The van der Waals surface area contributed by atoms with Gasteiger partial charge in [0.2, 0.25) is 0 Å². The van der Waals surface area contributed by atoms with Crippen molar-refractivity contribution in [3.8, 4) is 0 Å². The number of hydrogen-bond acceptors (Lipinski definition) is 5. The van der Waals surface area contributed by atoms with Gasteiger partial charge in [0.05, 0.1) is 12.9 Å². The third-order valence-electron chi connectivity index (χ3n) is 2.45. The Hall–Kier alpha value is -1.88. The lowest BCUT2D eigenvalue weighted by atomic mass is 10.1. The molecule has 0 saturated carbocycles. The first kappa shape index (κ1) is 13.5. The van der Waals surface area contributed by atoms with Gasteiger partial charge in [-0.3, -0.25) is 4.79 Å². The highest BCUT2D eigenvalue weighted by Gasteiger charge is 2.05. The molecule has 1 heterocycles. The number of carbonyl (C=O) groups is 1. The van der Waals surface area contributed by atoms with Gasteiger partial charge in [-0.1, -0.05) is 42.1 Å². The van der Waals surface area contributed by atoms with E-state index in [1.807, 2.05) is 30.3 Å². The third-order valence-corrected chi connectivity index (χ3v) is 3.35. The molecular weight excluding hydrogens is 260 g/mol. The number of carbonyl (C=O) groups excluding carboxylic acids is 1. The largest absolute Gasteiger partial charge is 0.468 e. The smallest absolute Gasteiger partial charge is 0.316 e. The first-order chi connectivity index (χ1) is 9.28. The van der Waals surface area contributed by atoms with E-state index in [9.17, 15) is 4.79 Å². The van der Waals surface area contributed by atoms with E-state index in [1.165, 1.54) is 18.9 Å². The van der Waals surface area contributed by atoms with Crippen LogP contribution in [0, 0.1) is 0 Å². The Morgan fingerprint density at radius 2 is 2.05 bits per heavy atom. The molecule has 0 N–H and O–H groups in total. The van der Waals surface area contributed by atoms with Gasteiger partial charge >= 0.3 is 5.97 Å². The Balaban J connectivity index is 2.01. The lowest BCUT2D eigenvalue weighted by Crippen LogP contribution is -2.04. The Kier molecular flexibility index (Phi) is 4.92. The predicted molar refractivity (Wildman–Crippen MR) is 74.0 cm³/mol. The number of benzene rings is 1. The molecule has 5 heteroatoms. The Labute approximate surface area is 116 Å². The van der Waals surface area contributed by atoms with Crippen molar-refractivity contribution in [2.75, 3.05) is 12.9 Å². The van der Waals surface area contributed by atoms with E-state index in [4.69, 9.17) is 0 Å². The fourth-order valence-electron chi connectivity index (χ4n) is 1.52. The van der Waals surface area contributed by atoms with Gasteiger partial charge in [0, 0.05) is 12.6 Å². The molecule has 4 nitrogen and oxygen atoms in total. The number of methoxy groups -OCH3 is 1. The molecule has 19 heavy (non-hydrogen) atoms. The molecule has 1 aromatic heterocycles. The maximum absolute atomic E-state index is 11.1. The van der Waals surface area contributed by atoms with E-state index in [1.54, 1.807) is 12.3 Å². The van der Waals surface area contributed by atoms with Crippen LogP contribution in [0.5, 0.6) is 0 Å². The predicted octanol–water partition coefficient (Wildman–Crippen LogP) is 2.33.